The second kappa shape index (κ2) is 7.41. The third-order valence-electron chi connectivity index (χ3n) is 4.35. The summed E-state index contributed by atoms with van der Waals surface area (Å²) in [5, 5.41) is 19.4. The van der Waals surface area contributed by atoms with Crippen LogP contribution in [0.1, 0.15) is 39.3 Å². The first-order chi connectivity index (χ1) is 11.8. The van der Waals surface area contributed by atoms with Crippen LogP contribution >= 0.6 is 0 Å². The van der Waals surface area contributed by atoms with Crippen molar-refractivity contribution in [1.82, 2.24) is 0 Å². The average Bonchev–Trinajstić information content (AvgIpc) is 2.62. The molecule has 0 saturated heterocycles. The van der Waals surface area contributed by atoms with Gasteiger partial charge in [-0.3, -0.25) is 0 Å². The number of benzene rings is 2. The summed E-state index contributed by atoms with van der Waals surface area (Å²) in [6.07, 6.45) is 0. The van der Waals surface area contributed by atoms with Gasteiger partial charge in [-0.1, -0.05) is 48.5 Å². The Kier molecular flexibility index (Phi) is 5.50. The van der Waals surface area contributed by atoms with Crippen molar-refractivity contribution in [2.24, 2.45) is 10.8 Å². The van der Waals surface area contributed by atoms with E-state index in [9.17, 15) is 10.5 Å². The highest BCUT2D eigenvalue weighted by Crippen LogP contribution is 2.41. The molecular formula is C22H25N3. The molecule has 3 heteroatoms. The number of hydrogen-bond acceptors (Lipinski definition) is 3. The summed E-state index contributed by atoms with van der Waals surface area (Å²) in [5.41, 5.74) is 0.937. The van der Waals surface area contributed by atoms with E-state index in [1.165, 1.54) is 0 Å². The highest BCUT2D eigenvalue weighted by molar-refractivity contribution is 5.50. The number of para-hydroxylation sites is 1. The molecule has 3 nitrogen and oxygen atoms in total. The third-order valence-corrected chi connectivity index (χ3v) is 4.35. The second-order valence-corrected chi connectivity index (χ2v) is 7.61. The standard InChI is InChI=1S/C22H25N3/c1-21(2,15-23)17-25(19-13-9-6-10-14-19)20(22(3,4)16-24)18-11-7-5-8-12-18/h5-14,20H,17H2,1-4H3. The van der Waals surface area contributed by atoms with Gasteiger partial charge in [0.2, 0.25) is 0 Å². The molecule has 0 heterocycles. The first-order valence-corrected chi connectivity index (χ1v) is 8.50. The molecule has 0 aromatic heterocycles. The van der Waals surface area contributed by atoms with Crippen molar-refractivity contribution in [3.8, 4) is 12.1 Å². The Morgan fingerprint density at radius 1 is 0.840 bits per heavy atom. The lowest BCUT2D eigenvalue weighted by Gasteiger charge is -2.42. The molecule has 2 aromatic rings. The number of nitrogens with zero attached hydrogens (tertiary/aromatic N) is 3. The highest BCUT2D eigenvalue weighted by Gasteiger charge is 2.38. The Morgan fingerprint density at radius 3 is 1.84 bits per heavy atom. The maximum absolute atomic E-state index is 9.84. The largest absolute Gasteiger partial charge is 0.361 e. The van der Waals surface area contributed by atoms with Crippen LogP contribution in [0.2, 0.25) is 0 Å². The van der Waals surface area contributed by atoms with Crippen LogP contribution in [-0.2, 0) is 0 Å². The molecule has 1 atom stereocenters. The summed E-state index contributed by atoms with van der Waals surface area (Å²) in [6.45, 7) is 8.33. The van der Waals surface area contributed by atoms with E-state index in [4.69, 9.17) is 0 Å². The van der Waals surface area contributed by atoms with Gasteiger partial charge in [0.05, 0.1) is 29.0 Å². The molecule has 128 valence electrons. The minimum absolute atomic E-state index is 0.159. The van der Waals surface area contributed by atoms with Crippen molar-refractivity contribution in [2.75, 3.05) is 11.4 Å². The lowest BCUT2D eigenvalue weighted by Crippen LogP contribution is -2.42. The van der Waals surface area contributed by atoms with Crippen LogP contribution in [-0.4, -0.2) is 6.54 Å². The lowest BCUT2D eigenvalue weighted by molar-refractivity contribution is 0.339. The predicted octanol–water partition coefficient (Wildman–Crippen LogP) is 5.33. The van der Waals surface area contributed by atoms with Gasteiger partial charge in [0.25, 0.3) is 0 Å². The van der Waals surface area contributed by atoms with Gasteiger partial charge in [-0.2, -0.15) is 10.5 Å². The van der Waals surface area contributed by atoms with Crippen molar-refractivity contribution in [1.29, 1.82) is 10.5 Å². The van der Waals surface area contributed by atoms with Crippen LogP contribution in [0.3, 0.4) is 0 Å². The molecule has 2 aromatic carbocycles. The predicted molar refractivity (Wildman–Crippen MR) is 102 cm³/mol. The van der Waals surface area contributed by atoms with E-state index in [0.29, 0.717) is 6.54 Å². The first kappa shape index (κ1) is 18.6. The van der Waals surface area contributed by atoms with Crippen molar-refractivity contribution < 1.29 is 0 Å². The van der Waals surface area contributed by atoms with Crippen molar-refractivity contribution in [3.05, 3.63) is 66.2 Å². The van der Waals surface area contributed by atoms with Gasteiger partial charge in [-0.25, -0.2) is 0 Å². The second-order valence-electron chi connectivity index (χ2n) is 7.61. The molecule has 0 spiro atoms. The van der Waals surface area contributed by atoms with Gasteiger partial charge >= 0.3 is 0 Å². The number of nitriles is 2. The summed E-state index contributed by atoms with van der Waals surface area (Å²) in [5.74, 6) is 0. The summed E-state index contributed by atoms with van der Waals surface area (Å²) >= 11 is 0. The molecule has 25 heavy (non-hydrogen) atoms. The van der Waals surface area contributed by atoms with Gasteiger partial charge in [-0.15, -0.1) is 0 Å². The SMILES string of the molecule is CC(C)(C#N)CN(c1ccccc1)C(c1ccccc1)C(C)(C)C#N. The fourth-order valence-electron chi connectivity index (χ4n) is 3.10. The maximum Gasteiger partial charge on any atom is 0.0762 e. The fraction of sp³-hybridized carbons (Fsp3) is 0.364. The minimum Gasteiger partial charge on any atom is -0.361 e. The summed E-state index contributed by atoms with van der Waals surface area (Å²) < 4.78 is 0. The van der Waals surface area contributed by atoms with E-state index in [0.717, 1.165) is 11.3 Å². The summed E-state index contributed by atoms with van der Waals surface area (Å²) in [4.78, 5) is 2.20. The molecule has 0 radical (unpaired) electrons. The van der Waals surface area contributed by atoms with Gasteiger partial charge in [0.15, 0.2) is 0 Å². The smallest absolute Gasteiger partial charge is 0.0762 e. The van der Waals surface area contributed by atoms with Gasteiger partial charge in [-0.05, 0) is 45.4 Å². The minimum atomic E-state index is -0.622. The molecular weight excluding hydrogens is 306 g/mol. The van der Waals surface area contributed by atoms with Crippen molar-refractivity contribution in [3.63, 3.8) is 0 Å². The number of hydrogen-bond donors (Lipinski definition) is 0. The van der Waals surface area contributed by atoms with Crippen LogP contribution < -0.4 is 4.90 Å². The summed E-state index contributed by atoms with van der Waals surface area (Å²) in [6, 6.07) is 24.8. The van der Waals surface area contributed by atoms with Crippen molar-refractivity contribution in [2.45, 2.75) is 33.7 Å². The topological polar surface area (TPSA) is 50.8 Å². The van der Waals surface area contributed by atoms with E-state index in [1.807, 2.05) is 76.2 Å². The molecule has 0 aliphatic carbocycles. The Hall–Kier alpha value is -2.78. The zero-order chi connectivity index (χ0) is 18.5. The molecule has 0 bridgehead atoms. The van der Waals surface area contributed by atoms with Gasteiger partial charge < -0.3 is 4.90 Å². The van der Waals surface area contributed by atoms with E-state index in [2.05, 4.69) is 29.2 Å². The van der Waals surface area contributed by atoms with Crippen LogP contribution in [0.5, 0.6) is 0 Å². The zero-order valence-corrected chi connectivity index (χ0v) is 15.4. The van der Waals surface area contributed by atoms with Crippen LogP contribution in [0.4, 0.5) is 5.69 Å². The number of rotatable bonds is 6. The number of anilines is 1. The quantitative estimate of drug-likeness (QED) is 0.718. The van der Waals surface area contributed by atoms with Gasteiger partial charge in [0, 0.05) is 12.2 Å². The van der Waals surface area contributed by atoms with Gasteiger partial charge in [0.1, 0.15) is 0 Å². The zero-order valence-electron chi connectivity index (χ0n) is 15.4. The van der Waals surface area contributed by atoms with E-state index in [1.54, 1.807) is 0 Å². The molecule has 0 N–H and O–H groups in total. The van der Waals surface area contributed by atoms with Crippen LogP contribution in [0, 0.1) is 33.5 Å². The van der Waals surface area contributed by atoms with Crippen LogP contribution in [0.25, 0.3) is 0 Å². The monoisotopic (exact) mass is 331 g/mol. The fourth-order valence-corrected chi connectivity index (χ4v) is 3.10. The average molecular weight is 331 g/mol. The Labute approximate surface area is 151 Å². The van der Waals surface area contributed by atoms with Crippen molar-refractivity contribution >= 4 is 5.69 Å². The molecule has 0 aliphatic rings. The first-order valence-electron chi connectivity index (χ1n) is 8.50. The molecule has 0 saturated carbocycles. The Balaban J connectivity index is 2.62. The highest BCUT2D eigenvalue weighted by atomic mass is 15.2. The van der Waals surface area contributed by atoms with E-state index < -0.39 is 10.8 Å². The van der Waals surface area contributed by atoms with E-state index >= 15 is 0 Å². The Morgan fingerprint density at radius 2 is 1.36 bits per heavy atom. The van der Waals surface area contributed by atoms with Crippen LogP contribution in [0.15, 0.2) is 60.7 Å². The summed E-state index contributed by atoms with van der Waals surface area (Å²) in [7, 11) is 0. The van der Waals surface area contributed by atoms with E-state index in [-0.39, 0.29) is 6.04 Å². The maximum atomic E-state index is 9.84. The molecule has 0 amide bonds. The molecule has 0 aliphatic heterocycles. The third kappa shape index (κ3) is 4.40. The molecule has 0 fully saturated rings. The normalized spacial score (nSPS) is 12.7. The Bertz CT molecular complexity index is 764. The molecule has 2 rings (SSSR count). The lowest BCUT2D eigenvalue weighted by atomic mass is 9.79. The molecule has 1 unspecified atom stereocenters.